The lowest BCUT2D eigenvalue weighted by Crippen LogP contribution is -2.33. The zero-order valence-corrected chi connectivity index (χ0v) is 16.5. The molecule has 0 radical (unpaired) electrons. The smallest absolute Gasteiger partial charge is 0.230 e. The third-order valence-corrected chi connectivity index (χ3v) is 5.19. The fraction of sp³-hybridized carbons (Fsp3) is 0.300. The van der Waals surface area contributed by atoms with Crippen LogP contribution in [0.4, 0.5) is 0 Å². The van der Waals surface area contributed by atoms with Crippen LogP contribution in [0.3, 0.4) is 0 Å². The Morgan fingerprint density at radius 1 is 1.22 bits per heavy atom. The number of pyridine rings is 1. The average molecular weight is 382 g/mol. The lowest BCUT2D eigenvalue weighted by atomic mass is 10.2. The maximum Gasteiger partial charge on any atom is 0.230 e. The number of carbonyl (C=O) groups is 1. The van der Waals surface area contributed by atoms with E-state index >= 15 is 0 Å². The van der Waals surface area contributed by atoms with Gasteiger partial charge in [0, 0.05) is 24.0 Å². The molecule has 0 saturated carbocycles. The fourth-order valence-electron chi connectivity index (χ4n) is 2.63. The summed E-state index contributed by atoms with van der Waals surface area (Å²) in [4.78, 5) is 16.4. The molecule has 3 rings (SSSR count). The molecule has 0 aliphatic rings. The third kappa shape index (κ3) is 4.54. The van der Waals surface area contributed by atoms with Crippen molar-refractivity contribution < 1.29 is 4.79 Å². The maximum atomic E-state index is 12.2. The quantitative estimate of drug-likeness (QED) is 0.633. The van der Waals surface area contributed by atoms with Crippen molar-refractivity contribution in [2.24, 2.45) is 0 Å². The van der Waals surface area contributed by atoms with Crippen LogP contribution >= 0.6 is 11.8 Å². The van der Waals surface area contributed by atoms with E-state index in [-0.39, 0.29) is 11.9 Å². The summed E-state index contributed by atoms with van der Waals surface area (Å²) in [5.41, 5.74) is 2.98. The molecule has 7 heteroatoms. The number of hydrogen-bond acceptors (Lipinski definition) is 5. The summed E-state index contributed by atoms with van der Waals surface area (Å²) in [6.07, 6.45) is 4.40. The van der Waals surface area contributed by atoms with Crippen LogP contribution in [0, 0.1) is 6.92 Å². The summed E-state index contributed by atoms with van der Waals surface area (Å²) >= 11 is 1.38. The minimum Gasteiger partial charge on any atom is -0.353 e. The van der Waals surface area contributed by atoms with Crippen LogP contribution in [0.1, 0.15) is 25.8 Å². The Kier molecular flexibility index (Phi) is 6.24. The van der Waals surface area contributed by atoms with Gasteiger partial charge in [0.15, 0.2) is 11.0 Å². The molecule has 1 unspecified atom stereocenters. The van der Waals surface area contributed by atoms with Crippen molar-refractivity contribution in [1.82, 2.24) is 25.1 Å². The molecule has 0 bridgehead atoms. The Balaban J connectivity index is 1.94. The van der Waals surface area contributed by atoms with E-state index in [1.54, 1.807) is 12.4 Å². The molecule has 140 valence electrons. The summed E-state index contributed by atoms with van der Waals surface area (Å²) in [6, 6.07) is 12.1. The number of benzene rings is 1. The van der Waals surface area contributed by atoms with E-state index in [1.165, 1.54) is 11.8 Å². The Labute approximate surface area is 163 Å². The van der Waals surface area contributed by atoms with Crippen LogP contribution in [0.2, 0.25) is 0 Å². The summed E-state index contributed by atoms with van der Waals surface area (Å²) in [5, 5.41) is 12.4. The molecule has 1 atom stereocenters. The summed E-state index contributed by atoms with van der Waals surface area (Å²) < 4.78 is 1.99. The highest BCUT2D eigenvalue weighted by atomic mass is 32.2. The number of thioether (sulfide) groups is 1. The average Bonchev–Trinajstić information content (AvgIpc) is 3.11. The van der Waals surface area contributed by atoms with Gasteiger partial charge in [-0.2, -0.15) is 0 Å². The van der Waals surface area contributed by atoms with Gasteiger partial charge in [0.05, 0.1) is 11.4 Å². The number of nitrogens with one attached hydrogen (secondary N) is 1. The minimum atomic E-state index is -0.00314. The Morgan fingerprint density at radius 2 is 2.04 bits per heavy atom. The first-order valence-electron chi connectivity index (χ1n) is 8.94. The summed E-state index contributed by atoms with van der Waals surface area (Å²) in [5.74, 6) is 1.00. The summed E-state index contributed by atoms with van der Waals surface area (Å²) in [6.45, 7) is 6.10. The zero-order valence-electron chi connectivity index (χ0n) is 15.7. The normalized spacial score (nSPS) is 12.0. The number of nitrogens with zero attached hydrogens (tertiary/aromatic N) is 4. The Bertz CT molecular complexity index is 910. The molecule has 1 amide bonds. The van der Waals surface area contributed by atoms with Gasteiger partial charge in [0.1, 0.15) is 0 Å². The van der Waals surface area contributed by atoms with Gasteiger partial charge in [-0.3, -0.25) is 14.3 Å². The first-order chi connectivity index (χ1) is 13.1. The molecule has 27 heavy (non-hydrogen) atoms. The standard InChI is InChI=1S/C20H23N5OS/c1-4-15(3)22-18(26)13-27-20-24-23-19(16-9-7-11-21-12-16)25(20)17-10-6-5-8-14(17)2/h5-12,15H,4,13H2,1-3H3,(H,22,26). The number of aryl methyl sites for hydroxylation is 1. The molecule has 0 aliphatic carbocycles. The molecule has 1 N–H and O–H groups in total. The highest BCUT2D eigenvalue weighted by Crippen LogP contribution is 2.29. The largest absolute Gasteiger partial charge is 0.353 e. The second kappa shape index (κ2) is 8.81. The molecule has 6 nitrogen and oxygen atoms in total. The molecule has 1 aromatic carbocycles. The van der Waals surface area contributed by atoms with Crippen molar-refractivity contribution in [3.63, 3.8) is 0 Å². The van der Waals surface area contributed by atoms with Gasteiger partial charge in [0.25, 0.3) is 0 Å². The molecule has 0 aliphatic heterocycles. The first-order valence-corrected chi connectivity index (χ1v) is 9.92. The molecule has 0 spiro atoms. The lowest BCUT2D eigenvalue weighted by molar-refractivity contribution is -0.119. The van der Waals surface area contributed by atoms with Gasteiger partial charge in [0.2, 0.25) is 5.91 Å². The molecule has 3 aromatic rings. The molecule has 0 saturated heterocycles. The third-order valence-electron chi connectivity index (χ3n) is 4.26. The fourth-order valence-corrected chi connectivity index (χ4v) is 3.38. The Hall–Kier alpha value is -2.67. The topological polar surface area (TPSA) is 72.7 Å². The SMILES string of the molecule is CCC(C)NC(=O)CSc1nnc(-c2cccnc2)n1-c1ccccc1C. The van der Waals surface area contributed by atoms with Gasteiger partial charge >= 0.3 is 0 Å². The maximum absolute atomic E-state index is 12.2. The molecular weight excluding hydrogens is 358 g/mol. The molecule has 2 heterocycles. The van der Waals surface area contributed by atoms with Crippen molar-refractivity contribution in [1.29, 1.82) is 0 Å². The van der Waals surface area contributed by atoms with Crippen LogP contribution in [0.15, 0.2) is 53.9 Å². The van der Waals surface area contributed by atoms with E-state index in [0.717, 1.165) is 23.2 Å². The summed E-state index contributed by atoms with van der Waals surface area (Å²) in [7, 11) is 0. The van der Waals surface area contributed by atoms with E-state index < -0.39 is 0 Å². The number of hydrogen-bond donors (Lipinski definition) is 1. The van der Waals surface area contributed by atoms with Gasteiger partial charge in [-0.05, 0) is 44.0 Å². The number of aromatic nitrogens is 4. The van der Waals surface area contributed by atoms with Crippen molar-refractivity contribution in [2.75, 3.05) is 5.75 Å². The monoisotopic (exact) mass is 381 g/mol. The Morgan fingerprint density at radius 3 is 2.74 bits per heavy atom. The minimum absolute atomic E-state index is 0.00314. The van der Waals surface area contributed by atoms with Crippen molar-refractivity contribution in [3.05, 3.63) is 54.4 Å². The van der Waals surface area contributed by atoms with E-state index in [0.29, 0.717) is 16.7 Å². The van der Waals surface area contributed by atoms with Crippen LogP contribution in [-0.2, 0) is 4.79 Å². The van der Waals surface area contributed by atoms with Gasteiger partial charge in [-0.25, -0.2) is 0 Å². The van der Waals surface area contributed by atoms with E-state index in [9.17, 15) is 4.79 Å². The number of rotatable bonds is 7. The van der Waals surface area contributed by atoms with Crippen LogP contribution in [0.25, 0.3) is 17.1 Å². The first kappa shape index (κ1) is 19.1. The second-order valence-corrected chi connectivity index (χ2v) is 7.28. The van der Waals surface area contributed by atoms with E-state index in [1.807, 2.05) is 61.7 Å². The van der Waals surface area contributed by atoms with Gasteiger partial charge in [-0.15, -0.1) is 10.2 Å². The van der Waals surface area contributed by atoms with Crippen LogP contribution in [0.5, 0.6) is 0 Å². The van der Waals surface area contributed by atoms with Crippen LogP contribution < -0.4 is 5.32 Å². The van der Waals surface area contributed by atoms with Crippen molar-refractivity contribution in [2.45, 2.75) is 38.4 Å². The van der Waals surface area contributed by atoms with Gasteiger partial charge in [-0.1, -0.05) is 36.9 Å². The van der Waals surface area contributed by atoms with Gasteiger partial charge < -0.3 is 5.32 Å². The highest BCUT2D eigenvalue weighted by Gasteiger charge is 2.18. The van der Waals surface area contributed by atoms with Crippen LogP contribution in [-0.4, -0.2) is 37.5 Å². The molecular formula is C20H23N5OS. The zero-order chi connectivity index (χ0) is 19.2. The second-order valence-electron chi connectivity index (χ2n) is 6.34. The van der Waals surface area contributed by atoms with Crippen molar-refractivity contribution in [3.8, 4) is 17.1 Å². The molecule has 2 aromatic heterocycles. The van der Waals surface area contributed by atoms with E-state index in [2.05, 4.69) is 20.5 Å². The van der Waals surface area contributed by atoms with E-state index in [4.69, 9.17) is 0 Å². The lowest BCUT2D eigenvalue weighted by Gasteiger charge is -2.13. The number of amides is 1. The predicted octanol–water partition coefficient (Wildman–Crippen LogP) is 3.64. The number of carbonyl (C=O) groups excluding carboxylic acids is 1. The number of para-hydroxylation sites is 1. The molecule has 0 fully saturated rings. The highest BCUT2D eigenvalue weighted by molar-refractivity contribution is 7.99. The van der Waals surface area contributed by atoms with Crippen molar-refractivity contribution >= 4 is 17.7 Å². The predicted molar refractivity (Wildman–Crippen MR) is 108 cm³/mol.